The van der Waals surface area contributed by atoms with Crippen LogP contribution in [0.4, 0.5) is 0 Å². The molecule has 0 unspecified atom stereocenters. The summed E-state index contributed by atoms with van der Waals surface area (Å²) in [6.07, 6.45) is 6.33. The molecule has 2 aliphatic heterocycles. The van der Waals surface area contributed by atoms with Crippen LogP contribution in [0, 0.1) is 0 Å². The van der Waals surface area contributed by atoms with Gasteiger partial charge in [-0.3, -0.25) is 0 Å². The molecule has 0 N–H and O–H groups in total. The van der Waals surface area contributed by atoms with Gasteiger partial charge in [-0.2, -0.15) is 9.13 Å². The van der Waals surface area contributed by atoms with Crippen molar-refractivity contribution in [2.45, 2.75) is 32.1 Å². The van der Waals surface area contributed by atoms with Crippen LogP contribution in [0.1, 0.15) is 36.1 Å². The number of rotatable bonds is 0. The molecule has 3 aromatic heterocycles. The van der Waals surface area contributed by atoms with Crippen LogP contribution < -0.4 is 9.13 Å². The Hall–Kier alpha value is -5.38. The Labute approximate surface area is 283 Å². The number of thiophene rings is 1. The molecule has 2 nitrogen and oxygen atoms in total. The molecule has 0 fully saturated rings. The zero-order chi connectivity index (χ0) is 31.7. The van der Waals surface area contributed by atoms with E-state index in [2.05, 4.69) is 157 Å². The standard InChI is InChI=1S/C45H32N2S/c1-45(2)43-30-12-4-3-11-27(30)17-19-32(43)33-20-18-28-23-38(47-22-10-8-15-37(47)42(28)44(33)45)39-24-29-25-41-35(31-13-5-6-16-40(31)48-41)26-34(29)36-14-7-9-21-46(36)39/h3-22,25-26H,23-24H2,1-2H3/q+2/b39-38+. The van der Waals surface area contributed by atoms with Crippen molar-refractivity contribution in [1.82, 2.24) is 0 Å². The normalized spacial score (nSPS) is 16.7. The number of pyridine rings is 2. The molecular formula is C45H32N2S+2. The van der Waals surface area contributed by atoms with Crippen molar-refractivity contribution in [1.29, 1.82) is 0 Å². The van der Waals surface area contributed by atoms with Gasteiger partial charge in [-0.15, -0.1) is 11.3 Å². The van der Waals surface area contributed by atoms with Gasteiger partial charge < -0.3 is 0 Å². The fraction of sp³-hybridized carbons (Fsp3) is 0.111. The first-order valence-corrected chi connectivity index (χ1v) is 17.8. The van der Waals surface area contributed by atoms with Crippen molar-refractivity contribution in [3.63, 3.8) is 0 Å². The minimum Gasteiger partial charge on any atom is -0.158 e. The molecule has 48 heavy (non-hydrogen) atoms. The van der Waals surface area contributed by atoms with E-state index in [1.165, 1.54) is 98.2 Å². The summed E-state index contributed by atoms with van der Waals surface area (Å²) in [4.78, 5) is 0. The molecule has 0 saturated carbocycles. The maximum Gasteiger partial charge on any atom is 0.259 e. The van der Waals surface area contributed by atoms with E-state index >= 15 is 0 Å². The molecule has 11 rings (SSSR count). The lowest BCUT2D eigenvalue weighted by molar-refractivity contribution is -0.602. The summed E-state index contributed by atoms with van der Waals surface area (Å²) in [5.74, 6) is 0. The third-order valence-electron chi connectivity index (χ3n) is 11.2. The Kier molecular flexibility index (Phi) is 5.20. The van der Waals surface area contributed by atoms with Gasteiger partial charge in [0.05, 0.1) is 24.0 Å². The van der Waals surface area contributed by atoms with Crippen molar-refractivity contribution >= 4 is 53.7 Å². The zero-order valence-corrected chi connectivity index (χ0v) is 27.7. The summed E-state index contributed by atoms with van der Waals surface area (Å²) in [6.45, 7) is 4.87. The summed E-state index contributed by atoms with van der Waals surface area (Å²) in [5, 5.41) is 5.39. The lowest BCUT2D eigenvalue weighted by atomic mass is 9.75. The highest BCUT2D eigenvalue weighted by Crippen LogP contribution is 2.55. The van der Waals surface area contributed by atoms with E-state index in [4.69, 9.17) is 0 Å². The number of aromatic nitrogens is 2. The minimum atomic E-state index is -0.129. The van der Waals surface area contributed by atoms with Crippen LogP contribution in [0.15, 0.2) is 134 Å². The molecule has 0 saturated heterocycles. The summed E-state index contributed by atoms with van der Waals surface area (Å²) in [6, 6.07) is 45.5. The molecule has 0 spiro atoms. The largest absolute Gasteiger partial charge is 0.259 e. The van der Waals surface area contributed by atoms with E-state index in [9.17, 15) is 0 Å². The van der Waals surface area contributed by atoms with E-state index < -0.39 is 0 Å². The van der Waals surface area contributed by atoms with E-state index in [1.807, 2.05) is 11.3 Å². The summed E-state index contributed by atoms with van der Waals surface area (Å²) in [7, 11) is 0. The van der Waals surface area contributed by atoms with Gasteiger partial charge in [0.1, 0.15) is 0 Å². The van der Waals surface area contributed by atoms with Crippen LogP contribution >= 0.6 is 11.3 Å². The molecular weight excluding hydrogens is 601 g/mol. The van der Waals surface area contributed by atoms with Crippen LogP contribution in [0.3, 0.4) is 0 Å². The number of benzene rings is 5. The smallest absolute Gasteiger partial charge is 0.158 e. The average Bonchev–Trinajstić information content (AvgIpc) is 3.61. The molecule has 5 heterocycles. The fourth-order valence-corrected chi connectivity index (χ4v) is 10.4. The first-order chi connectivity index (χ1) is 23.6. The number of fused-ring (bicyclic) bond motifs is 15. The summed E-state index contributed by atoms with van der Waals surface area (Å²) >= 11 is 1.91. The highest BCUT2D eigenvalue weighted by atomic mass is 32.1. The third-order valence-corrected chi connectivity index (χ3v) is 12.4. The maximum absolute atomic E-state index is 2.50. The Morgan fingerprint density at radius 2 is 1.19 bits per heavy atom. The van der Waals surface area contributed by atoms with Crippen LogP contribution in [0.25, 0.3) is 76.0 Å². The first kappa shape index (κ1) is 26.7. The van der Waals surface area contributed by atoms with Gasteiger partial charge in [-0.1, -0.05) is 80.6 Å². The molecule has 226 valence electrons. The average molecular weight is 633 g/mol. The predicted octanol–water partition coefficient (Wildman–Crippen LogP) is 10.4. The molecule has 0 amide bonds. The molecule has 8 aromatic rings. The molecule has 1 aliphatic carbocycles. The second-order valence-corrected chi connectivity index (χ2v) is 15.2. The monoisotopic (exact) mass is 632 g/mol. The number of allylic oxidation sites excluding steroid dienone is 2. The minimum absolute atomic E-state index is 0.129. The zero-order valence-electron chi connectivity index (χ0n) is 26.9. The van der Waals surface area contributed by atoms with Crippen LogP contribution in [-0.4, -0.2) is 0 Å². The Balaban J connectivity index is 1.14. The van der Waals surface area contributed by atoms with Gasteiger partial charge in [0.2, 0.25) is 11.4 Å². The van der Waals surface area contributed by atoms with Crippen molar-refractivity contribution in [3.8, 4) is 33.6 Å². The molecule has 5 aromatic carbocycles. The second kappa shape index (κ2) is 9.37. The van der Waals surface area contributed by atoms with Crippen molar-refractivity contribution in [3.05, 3.63) is 156 Å². The van der Waals surface area contributed by atoms with Crippen LogP contribution in [0.2, 0.25) is 0 Å². The predicted molar refractivity (Wildman–Crippen MR) is 199 cm³/mol. The van der Waals surface area contributed by atoms with Gasteiger partial charge in [-0.05, 0) is 74.5 Å². The van der Waals surface area contributed by atoms with Crippen molar-refractivity contribution < 1.29 is 9.13 Å². The molecule has 0 atom stereocenters. The van der Waals surface area contributed by atoms with Gasteiger partial charge in [0.15, 0.2) is 12.4 Å². The van der Waals surface area contributed by atoms with Gasteiger partial charge in [-0.25, -0.2) is 0 Å². The number of hydrogen-bond acceptors (Lipinski definition) is 1. The Bertz CT molecular complexity index is 2760. The third kappa shape index (κ3) is 3.42. The first-order valence-electron chi connectivity index (χ1n) is 16.9. The second-order valence-electron chi connectivity index (χ2n) is 14.1. The number of hydrogen-bond donors (Lipinski definition) is 0. The van der Waals surface area contributed by atoms with Gasteiger partial charge in [0.25, 0.3) is 11.4 Å². The molecule has 3 heteroatoms. The highest BCUT2D eigenvalue weighted by molar-refractivity contribution is 7.25. The lowest BCUT2D eigenvalue weighted by Gasteiger charge is -2.28. The molecule has 0 bridgehead atoms. The summed E-state index contributed by atoms with van der Waals surface area (Å²) in [5.41, 5.74) is 16.4. The van der Waals surface area contributed by atoms with Crippen LogP contribution in [-0.2, 0) is 18.3 Å². The quantitative estimate of drug-likeness (QED) is 0.147. The summed E-state index contributed by atoms with van der Waals surface area (Å²) < 4.78 is 7.69. The highest BCUT2D eigenvalue weighted by Gasteiger charge is 2.45. The topological polar surface area (TPSA) is 7.76 Å². The lowest BCUT2D eigenvalue weighted by Crippen LogP contribution is -2.47. The van der Waals surface area contributed by atoms with Crippen molar-refractivity contribution in [2.24, 2.45) is 0 Å². The van der Waals surface area contributed by atoms with Gasteiger partial charge in [0, 0.05) is 49.9 Å². The maximum atomic E-state index is 2.50. The number of nitrogens with zero attached hydrogens (tertiary/aromatic N) is 2. The molecule has 3 aliphatic rings. The SMILES string of the molecule is CC1(C)c2c(ccc3c2-c2cccc[n+]2/C(=C2\Cc4cc5sc6ccccc6c5cc4-c4cccc[n+]42)C3)-c2ccc3ccccc3c21. The Morgan fingerprint density at radius 1 is 0.521 bits per heavy atom. The van der Waals surface area contributed by atoms with E-state index in [0.29, 0.717) is 0 Å². The van der Waals surface area contributed by atoms with E-state index in [-0.39, 0.29) is 5.41 Å². The van der Waals surface area contributed by atoms with Gasteiger partial charge >= 0.3 is 0 Å². The Morgan fingerprint density at radius 3 is 2.04 bits per heavy atom. The van der Waals surface area contributed by atoms with E-state index in [0.717, 1.165) is 12.8 Å². The fourth-order valence-electron chi connectivity index (χ4n) is 9.25. The van der Waals surface area contributed by atoms with Crippen molar-refractivity contribution in [2.75, 3.05) is 0 Å². The van der Waals surface area contributed by atoms with Crippen LogP contribution in [0.5, 0.6) is 0 Å². The van der Waals surface area contributed by atoms with E-state index in [1.54, 1.807) is 0 Å². The molecule has 0 radical (unpaired) electrons.